The van der Waals surface area contributed by atoms with Crippen LogP contribution >= 0.6 is 11.3 Å². The van der Waals surface area contributed by atoms with E-state index in [0.717, 1.165) is 35.6 Å². The number of ether oxygens (including phenoxy) is 1. The maximum atomic E-state index is 10.6. The molecule has 0 fully saturated rings. The second kappa shape index (κ2) is 7.19. The standard InChI is InChI=1S/C17H22N4O2S/c1-4-5-9-20(2)14(12-7-6-8-13(10-12)23-3)15-16(22)21-17(24-15)18-11-19-21/h6-8,10-11,14,22H,4-5,9H2,1-3H3. The SMILES string of the molecule is CCCCN(C)C(c1cccc(OC)c1)c1sc2ncnn2c1O. The van der Waals surface area contributed by atoms with E-state index in [0.29, 0.717) is 4.96 Å². The van der Waals surface area contributed by atoms with Gasteiger partial charge in [-0.1, -0.05) is 36.8 Å². The average molecular weight is 346 g/mol. The van der Waals surface area contributed by atoms with Gasteiger partial charge in [0, 0.05) is 0 Å². The molecule has 0 saturated heterocycles. The number of unbranched alkanes of at least 4 members (excludes halogenated alkanes) is 1. The molecule has 24 heavy (non-hydrogen) atoms. The van der Waals surface area contributed by atoms with Crippen LogP contribution < -0.4 is 4.74 Å². The maximum Gasteiger partial charge on any atom is 0.230 e. The van der Waals surface area contributed by atoms with Gasteiger partial charge in [-0.3, -0.25) is 4.90 Å². The number of fused-ring (bicyclic) bond motifs is 1. The van der Waals surface area contributed by atoms with Crippen LogP contribution in [0, 0.1) is 0 Å². The van der Waals surface area contributed by atoms with Crippen LogP contribution in [0.2, 0.25) is 0 Å². The van der Waals surface area contributed by atoms with Gasteiger partial charge in [0.1, 0.15) is 12.1 Å². The van der Waals surface area contributed by atoms with E-state index in [-0.39, 0.29) is 11.9 Å². The molecule has 3 aromatic rings. The van der Waals surface area contributed by atoms with Gasteiger partial charge in [0.25, 0.3) is 0 Å². The molecule has 0 spiro atoms. The van der Waals surface area contributed by atoms with Crippen molar-refractivity contribution in [1.82, 2.24) is 19.5 Å². The van der Waals surface area contributed by atoms with Gasteiger partial charge in [-0.25, -0.2) is 4.98 Å². The molecule has 1 unspecified atom stereocenters. The minimum atomic E-state index is -0.0693. The molecular weight excluding hydrogens is 324 g/mol. The normalized spacial score (nSPS) is 12.8. The highest BCUT2D eigenvalue weighted by molar-refractivity contribution is 7.17. The minimum Gasteiger partial charge on any atom is -0.497 e. The molecule has 0 aliphatic rings. The number of hydrogen-bond donors (Lipinski definition) is 1. The molecule has 3 rings (SSSR count). The highest BCUT2D eigenvalue weighted by Gasteiger charge is 2.27. The zero-order valence-electron chi connectivity index (χ0n) is 14.1. The fourth-order valence-electron chi connectivity index (χ4n) is 2.83. The lowest BCUT2D eigenvalue weighted by atomic mass is 10.0. The van der Waals surface area contributed by atoms with Crippen LogP contribution in [0.15, 0.2) is 30.6 Å². The summed E-state index contributed by atoms with van der Waals surface area (Å²) in [5, 5.41) is 14.7. The lowest BCUT2D eigenvalue weighted by molar-refractivity contribution is 0.270. The van der Waals surface area contributed by atoms with Crippen LogP contribution in [-0.4, -0.2) is 45.3 Å². The lowest BCUT2D eigenvalue weighted by Crippen LogP contribution is -2.26. The van der Waals surface area contributed by atoms with Crippen molar-refractivity contribution < 1.29 is 9.84 Å². The predicted molar refractivity (Wildman–Crippen MR) is 94.9 cm³/mol. The molecule has 7 heteroatoms. The molecule has 0 bridgehead atoms. The van der Waals surface area contributed by atoms with Crippen molar-refractivity contribution >= 4 is 16.3 Å². The van der Waals surface area contributed by atoms with Gasteiger partial charge in [0.05, 0.1) is 18.0 Å². The van der Waals surface area contributed by atoms with Crippen molar-refractivity contribution in [3.63, 3.8) is 0 Å². The summed E-state index contributed by atoms with van der Waals surface area (Å²) in [6.45, 7) is 3.11. The molecule has 2 heterocycles. The van der Waals surface area contributed by atoms with Crippen LogP contribution in [0.5, 0.6) is 11.6 Å². The molecule has 0 amide bonds. The van der Waals surface area contributed by atoms with Gasteiger partial charge in [-0.15, -0.1) is 0 Å². The summed E-state index contributed by atoms with van der Waals surface area (Å²) >= 11 is 1.47. The first kappa shape index (κ1) is 16.7. The van der Waals surface area contributed by atoms with E-state index < -0.39 is 0 Å². The summed E-state index contributed by atoms with van der Waals surface area (Å²) in [6.07, 6.45) is 3.67. The van der Waals surface area contributed by atoms with E-state index in [4.69, 9.17) is 4.74 Å². The zero-order chi connectivity index (χ0) is 17.1. The lowest BCUT2D eigenvalue weighted by Gasteiger charge is -2.27. The third-order valence-electron chi connectivity index (χ3n) is 4.10. The van der Waals surface area contributed by atoms with E-state index in [2.05, 4.69) is 35.0 Å². The topological polar surface area (TPSA) is 62.9 Å². The maximum absolute atomic E-state index is 10.6. The second-order valence-corrected chi connectivity index (χ2v) is 6.77. The summed E-state index contributed by atoms with van der Waals surface area (Å²) in [7, 11) is 3.74. The Morgan fingerprint density at radius 1 is 1.42 bits per heavy atom. The largest absolute Gasteiger partial charge is 0.497 e. The molecule has 0 radical (unpaired) electrons. The Morgan fingerprint density at radius 2 is 2.25 bits per heavy atom. The van der Waals surface area contributed by atoms with E-state index >= 15 is 0 Å². The van der Waals surface area contributed by atoms with Crippen molar-refractivity contribution in [3.05, 3.63) is 41.0 Å². The Kier molecular flexibility index (Phi) is 5.01. The van der Waals surface area contributed by atoms with Crippen molar-refractivity contribution in [3.8, 4) is 11.6 Å². The first-order valence-electron chi connectivity index (χ1n) is 8.01. The van der Waals surface area contributed by atoms with Gasteiger partial charge in [0.15, 0.2) is 0 Å². The molecule has 0 aliphatic heterocycles. The Morgan fingerprint density at radius 3 is 2.96 bits per heavy atom. The molecule has 0 aliphatic carbocycles. The van der Waals surface area contributed by atoms with Crippen molar-refractivity contribution in [2.75, 3.05) is 20.7 Å². The fourth-order valence-corrected chi connectivity index (χ4v) is 3.95. The number of aromatic hydroxyl groups is 1. The molecule has 0 saturated carbocycles. The van der Waals surface area contributed by atoms with Crippen LogP contribution in [0.25, 0.3) is 4.96 Å². The number of thiazole rings is 1. The molecule has 1 aromatic carbocycles. The third kappa shape index (κ3) is 3.09. The number of aromatic nitrogens is 3. The Hall–Kier alpha value is -2.12. The Bertz CT molecular complexity index is 814. The summed E-state index contributed by atoms with van der Waals surface area (Å²) in [5.41, 5.74) is 1.08. The second-order valence-electron chi connectivity index (χ2n) is 5.76. The Balaban J connectivity index is 2.06. The quantitative estimate of drug-likeness (QED) is 0.711. The van der Waals surface area contributed by atoms with Gasteiger partial charge < -0.3 is 9.84 Å². The van der Waals surface area contributed by atoms with E-state index in [1.807, 2.05) is 18.2 Å². The molecule has 128 valence electrons. The predicted octanol–water partition coefficient (Wildman–Crippen LogP) is 3.33. The summed E-state index contributed by atoms with van der Waals surface area (Å²) in [5.74, 6) is 0.962. The van der Waals surface area contributed by atoms with E-state index in [1.54, 1.807) is 7.11 Å². The first-order chi connectivity index (χ1) is 11.7. The van der Waals surface area contributed by atoms with Crippen LogP contribution in [0.3, 0.4) is 0 Å². The van der Waals surface area contributed by atoms with E-state index in [9.17, 15) is 5.11 Å². The monoisotopic (exact) mass is 346 g/mol. The van der Waals surface area contributed by atoms with Gasteiger partial charge in [0.2, 0.25) is 10.8 Å². The van der Waals surface area contributed by atoms with E-state index in [1.165, 1.54) is 22.2 Å². The van der Waals surface area contributed by atoms with Crippen LogP contribution in [0.1, 0.15) is 36.2 Å². The highest BCUT2D eigenvalue weighted by Crippen LogP contribution is 2.39. The van der Waals surface area contributed by atoms with Gasteiger partial charge in [-0.05, 0) is 37.7 Å². The van der Waals surface area contributed by atoms with Crippen molar-refractivity contribution in [1.29, 1.82) is 0 Å². The van der Waals surface area contributed by atoms with Crippen LogP contribution in [0.4, 0.5) is 0 Å². The highest BCUT2D eigenvalue weighted by atomic mass is 32.1. The summed E-state index contributed by atoms with van der Waals surface area (Å²) in [6, 6.07) is 7.91. The molecule has 1 atom stereocenters. The summed E-state index contributed by atoms with van der Waals surface area (Å²) < 4.78 is 6.86. The van der Waals surface area contributed by atoms with Gasteiger partial charge >= 0.3 is 0 Å². The van der Waals surface area contributed by atoms with Crippen LogP contribution in [-0.2, 0) is 0 Å². The molecule has 6 nitrogen and oxygen atoms in total. The zero-order valence-corrected chi connectivity index (χ0v) is 15.0. The van der Waals surface area contributed by atoms with Crippen molar-refractivity contribution in [2.24, 2.45) is 0 Å². The summed E-state index contributed by atoms with van der Waals surface area (Å²) in [4.78, 5) is 7.99. The third-order valence-corrected chi connectivity index (χ3v) is 5.19. The average Bonchev–Trinajstić information content (AvgIpc) is 3.17. The number of nitrogens with zero attached hydrogens (tertiary/aromatic N) is 4. The van der Waals surface area contributed by atoms with Gasteiger partial charge in [-0.2, -0.15) is 9.61 Å². The fraction of sp³-hybridized carbons (Fsp3) is 0.412. The van der Waals surface area contributed by atoms with Crippen molar-refractivity contribution in [2.45, 2.75) is 25.8 Å². The first-order valence-corrected chi connectivity index (χ1v) is 8.83. The molecular formula is C17H22N4O2S. The Labute approximate surface area is 145 Å². The molecule has 1 N–H and O–H groups in total. The number of rotatable bonds is 7. The minimum absolute atomic E-state index is 0.0693. The number of methoxy groups -OCH3 is 1. The molecule has 2 aromatic heterocycles. The smallest absolute Gasteiger partial charge is 0.230 e. The number of benzene rings is 1. The number of hydrogen-bond acceptors (Lipinski definition) is 6.